The molecule has 10 heteroatoms. The molecule has 0 spiro atoms. The van der Waals surface area contributed by atoms with Gasteiger partial charge in [0.05, 0.1) is 23.5 Å². The highest BCUT2D eigenvalue weighted by atomic mass is 19.4. The summed E-state index contributed by atoms with van der Waals surface area (Å²) in [6, 6.07) is 18.0. The number of hydrogen-bond acceptors (Lipinski definition) is 5. The van der Waals surface area contributed by atoms with Crippen molar-refractivity contribution in [3.8, 4) is 0 Å². The lowest BCUT2D eigenvalue weighted by Gasteiger charge is -2.38. The van der Waals surface area contributed by atoms with Gasteiger partial charge in [-0.2, -0.15) is 13.2 Å². The summed E-state index contributed by atoms with van der Waals surface area (Å²) < 4.78 is 33.6. The van der Waals surface area contributed by atoms with Crippen LogP contribution in [0.15, 0.2) is 59.4 Å². The van der Waals surface area contributed by atoms with Crippen molar-refractivity contribution in [1.82, 2.24) is 19.4 Å². The van der Waals surface area contributed by atoms with E-state index in [0.717, 1.165) is 49.5 Å². The number of hydrogen-bond donors (Lipinski definition) is 1. The molecule has 1 N–H and O–H groups in total. The topological polar surface area (TPSA) is 78.7 Å². The highest BCUT2D eigenvalue weighted by molar-refractivity contribution is 5.77. The second-order valence-electron chi connectivity index (χ2n) is 8.43. The van der Waals surface area contributed by atoms with Gasteiger partial charge in [-0.05, 0) is 31.2 Å². The number of piperazine rings is 1. The van der Waals surface area contributed by atoms with E-state index in [-0.39, 0.29) is 11.6 Å². The number of nitrogens with zero attached hydrogens (tertiary/aromatic N) is 4. The van der Waals surface area contributed by atoms with E-state index in [1.807, 2.05) is 47.0 Å². The highest BCUT2D eigenvalue weighted by Gasteiger charge is 2.38. The van der Waals surface area contributed by atoms with Crippen molar-refractivity contribution < 1.29 is 23.1 Å². The van der Waals surface area contributed by atoms with Crippen LogP contribution in [0.25, 0.3) is 10.9 Å². The third-order valence-electron chi connectivity index (χ3n) is 5.98. The molecule has 0 saturated carbocycles. The van der Waals surface area contributed by atoms with Gasteiger partial charge in [0, 0.05) is 26.2 Å². The highest BCUT2D eigenvalue weighted by Crippen LogP contribution is 2.25. The maximum atomic E-state index is 13.4. The van der Waals surface area contributed by atoms with Crippen LogP contribution in [-0.2, 0) is 11.3 Å². The number of likely N-dealkylation sites (N-methyl/N-ethyl adjacent to an activating group) is 1. The first-order valence-electron chi connectivity index (χ1n) is 11.4. The largest absolute Gasteiger partial charge is 0.490 e. The van der Waals surface area contributed by atoms with E-state index in [1.54, 1.807) is 0 Å². The second kappa shape index (κ2) is 11.5. The predicted molar refractivity (Wildman–Crippen MR) is 127 cm³/mol. The SMILES string of the molecule is CCC(c1nc2ccccc2c(=O)n1Cc1ccccc1)N1CCN(C)CC1.O=C(O)C(F)(F)F. The average molecular weight is 491 g/mol. The molecule has 0 bridgehead atoms. The molecule has 35 heavy (non-hydrogen) atoms. The van der Waals surface area contributed by atoms with Crippen LogP contribution < -0.4 is 5.56 Å². The van der Waals surface area contributed by atoms with Gasteiger partial charge in [0.15, 0.2) is 0 Å². The molecule has 1 aromatic heterocycles. The number of aromatic nitrogens is 2. The first-order chi connectivity index (χ1) is 16.6. The third-order valence-corrected chi connectivity index (χ3v) is 5.98. The maximum Gasteiger partial charge on any atom is 0.490 e. The van der Waals surface area contributed by atoms with Crippen molar-refractivity contribution in [3.05, 3.63) is 76.3 Å². The van der Waals surface area contributed by atoms with Gasteiger partial charge in [-0.3, -0.25) is 14.3 Å². The standard InChI is InChI=1S/C23H28N4O.C2HF3O2/c1-3-21(26-15-13-25(2)14-16-26)22-24-20-12-8-7-11-19(20)23(28)27(22)17-18-9-5-4-6-10-18;3-2(4,5)1(6)7/h4-12,21H,3,13-17H2,1-2H3;(H,6,7). The van der Waals surface area contributed by atoms with Crippen molar-refractivity contribution >= 4 is 16.9 Å². The van der Waals surface area contributed by atoms with E-state index < -0.39 is 12.1 Å². The lowest BCUT2D eigenvalue weighted by molar-refractivity contribution is -0.192. The second-order valence-corrected chi connectivity index (χ2v) is 8.43. The Hall–Kier alpha value is -3.24. The summed E-state index contributed by atoms with van der Waals surface area (Å²) in [5.74, 6) is -1.87. The van der Waals surface area contributed by atoms with Crippen molar-refractivity contribution in [2.24, 2.45) is 0 Å². The Balaban J connectivity index is 0.000000429. The predicted octanol–water partition coefficient (Wildman–Crippen LogP) is 3.78. The van der Waals surface area contributed by atoms with Crippen LogP contribution in [0, 0.1) is 0 Å². The van der Waals surface area contributed by atoms with Gasteiger partial charge in [-0.25, -0.2) is 9.78 Å². The van der Waals surface area contributed by atoms with E-state index in [2.05, 4.69) is 35.9 Å². The Kier molecular flexibility index (Phi) is 8.63. The number of aliphatic carboxylic acids is 1. The fourth-order valence-corrected chi connectivity index (χ4v) is 4.10. The number of carboxylic acid groups (broad SMARTS) is 1. The minimum atomic E-state index is -5.08. The number of alkyl halides is 3. The Morgan fingerprint density at radius 2 is 1.60 bits per heavy atom. The minimum Gasteiger partial charge on any atom is -0.475 e. The molecule has 7 nitrogen and oxygen atoms in total. The smallest absolute Gasteiger partial charge is 0.475 e. The van der Waals surface area contributed by atoms with Crippen LogP contribution >= 0.6 is 0 Å². The van der Waals surface area contributed by atoms with Crippen molar-refractivity contribution in [2.75, 3.05) is 33.2 Å². The van der Waals surface area contributed by atoms with Crippen LogP contribution in [0.1, 0.15) is 30.8 Å². The first-order valence-corrected chi connectivity index (χ1v) is 11.4. The van der Waals surface area contributed by atoms with E-state index in [4.69, 9.17) is 14.9 Å². The summed E-state index contributed by atoms with van der Waals surface area (Å²) in [7, 11) is 2.16. The van der Waals surface area contributed by atoms with Gasteiger partial charge in [0.2, 0.25) is 0 Å². The van der Waals surface area contributed by atoms with Crippen molar-refractivity contribution in [3.63, 3.8) is 0 Å². The summed E-state index contributed by atoms with van der Waals surface area (Å²) in [6.45, 7) is 6.85. The van der Waals surface area contributed by atoms with Crippen molar-refractivity contribution in [1.29, 1.82) is 0 Å². The minimum absolute atomic E-state index is 0.0528. The molecule has 3 aromatic rings. The van der Waals surface area contributed by atoms with E-state index >= 15 is 0 Å². The van der Waals surface area contributed by atoms with Crippen LogP contribution in [0.2, 0.25) is 0 Å². The Labute approximate surface area is 201 Å². The van der Waals surface area contributed by atoms with Crippen LogP contribution in [0.3, 0.4) is 0 Å². The number of benzene rings is 2. The maximum absolute atomic E-state index is 13.4. The lowest BCUT2D eigenvalue weighted by Crippen LogP contribution is -2.47. The molecule has 2 aromatic carbocycles. The molecule has 0 aliphatic carbocycles. The van der Waals surface area contributed by atoms with Gasteiger partial charge in [0.1, 0.15) is 5.82 Å². The fraction of sp³-hybridized carbons (Fsp3) is 0.400. The summed E-state index contributed by atoms with van der Waals surface area (Å²) in [6.07, 6.45) is -4.15. The molecule has 1 aliphatic rings. The molecular weight excluding hydrogens is 461 g/mol. The zero-order valence-electron chi connectivity index (χ0n) is 19.7. The number of carboxylic acids is 1. The third kappa shape index (κ3) is 6.67. The summed E-state index contributed by atoms with van der Waals surface area (Å²) in [4.78, 5) is 32.1. The molecule has 1 unspecified atom stereocenters. The fourth-order valence-electron chi connectivity index (χ4n) is 4.10. The summed E-state index contributed by atoms with van der Waals surface area (Å²) >= 11 is 0. The average Bonchev–Trinajstić information content (AvgIpc) is 2.83. The molecule has 1 aliphatic heterocycles. The van der Waals surface area contributed by atoms with Gasteiger partial charge >= 0.3 is 12.1 Å². The molecule has 0 amide bonds. The van der Waals surface area contributed by atoms with Crippen molar-refractivity contribution in [2.45, 2.75) is 32.1 Å². The van der Waals surface area contributed by atoms with E-state index in [0.29, 0.717) is 11.9 Å². The number of carbonyl (C=O) groups is 1. The number of fused-ring (bicyclic) bond motifs is 1. The molecular formula is C25H29F3N4O3. The molecule has 1 saturated heterocycles. The lowest BCUT2D eigenvalue weighted by atomic mass is 10.1. The number of rotatable bonds is 5. The molecule has 0 radical (unpaired) electrons. The summed E-state index contributed by atoms with van der Waals surface area (Å²) in [5.41, 5.74) is 1.97. The Morgan fingerprint density at radius 1 is 1.03 bits per heavy atom. The summed E-state index contributed by atoms with van der Waals surface area (Å²) in [5, 5.41) is 7.82. The van der Waals surface area contributed by atoms with Gasteiger partial charge in [0.25, 0.3) is 5.56 Å². The van der Waals surface area contributed by atoms with Gasteiger partial charge in [-0.15, -0.1) is 0 Å². The molecule has 1 fully saturated rings. The first kappa shape index (κ1) is 26.4. The van der Waals surface area contributed by atoms with Crippen LogP contribution in [-0.4, -0.2) is 69.8 Å². The molecule has 2 heterocycles. The Morgan fingerprint density at radius 3 is 2.17 bits per heavy atom. The molecule has 1 atom stereocenters. The zero-order chi connectivity index (χ0) is 25.6. The monoisotopic (exact) mass is 490 g/mol. The normalized spacial score (nSPS) is 15.9. The Bertz CT molecular complexity index is 1190. The van der Waals surface area contributed by atoms with Crippen LogP contribution in [0.5, 0.6) is 0 Å². The quantitative estimate of drug-likeness (QED) is 0.587. The zero-order valence-corrected chi connectivity index (χ0v) is 19.7. The number of halogens is 3. The number of para-hydroxylation sites is 1. The van der Waals surface area contributed by atoms with Gasteiger partial charge in [-0.1, -0.05) is 49.4 Å². The van der Waals surface area contributed by atoms with Crippen LogP contribution in [0.4, 0.5) is 13.2 Å². The molecule has 188 valence electrons. The van der Waals surface area contributed by atoms with E-state index in [9.17, 15) is 18.0 Å². The van der Waals surface area contributed by atoms with Gasteiger partial charge < -0.3 is 10.0 Å². The molecule has 4 rings (SSSR count). The van der Waals surface area contributed by atoms with E-state index in [1.165, 1.54) is 0 Å².